The summed E-state index contributed by atoms with van der Waals surface area (Å²) >= 11 is 0. The van der Waals surface area contributed by atoms with E-state index in [1.54, 1.807) is 12.1 Å². The Balaban J connectivity index is 1.90. The smallest absolute Gasteiger partial charge is 0.262 e. The van der Waals surface area contributed by atoms with Crippen molar-refractivity contribution >= 4 is 23.6 Å². The van der Waals surface area contributed by atoms with Gasteiger partial charge in [0.25, 0.3) is 11.8 Å². The summed E-state index contributed by atoms with van der Waals surface area (Å²) in [6.07, 6.45) is 1.13. The molecule has 2 aliphatic heterocycles. The van der Waals surface area contributed by atoms with Crippen molar-refractivity contribution in [3.8, 4) is 0 Å². The molecule has 2 heterocycles. The van der Waals surface area contributed by atoms with Gasteiger partial charge < -0.3 is 5.73 Å². The summed E-state index contributed by atoms with van der Waals surface area (Å²) < 4.78 is 0. The average Bonchev–Trinajstić information content (AvgIpc) is 2.88. The van der Waals surface area contributed by atoms with Gasteiger partial charge in [0.15, 0.2) is 0 Å². The van der Waals surface area contributed by atoms with Crippen LogP contribution >= 0.6 is 0 Å². The molecule has 0 aromatic heterocycles. The van der Waals surface area contributed by atoms with Crippen molar-refractivity contribution in [1.82, 2.24) is 15.1 Å². The molecule has 2 unspecified atom stereocenters. The van der Waals surface area contributed by atoms with Gasteiger partial charge in [-0.25, -0.2) is 0 Å². The van der Waals surface area contributed by atoms with Crippen LogP contribution in [0.15, 0.2) is 18.2 Å². The number of nitrogens with two attached hydrogens (primary N) is 1. The lowest BCUT2D eigenvalue weighted by molar-refractivity contribution is -0.136. The summed E-state index contributed by atoms with van der Waals surface area (Å²) in [7, 11) is 1.93. The number of nitrogens with zero attached hydrogens (tertiary/aromatic N) is 2. The van der Waals surface area contributed by atoms with Gasteiger partial charge in [-0.3, -0.25) is 34.3 Å². The quantitative estimate of drug-likeness (QED) is 0.693. The molecule has 1 aromatic carbocycles. The van der Waals surface area contributed by atoms with Crippen LogP contribution in [0.25, 0.3) is 0 Å². The SMILES string of the molecule is CCC(CN)N(C)Cc1cccc2c1C(=O)N(C1CCC(=O)NC1=O)C2=O. The zero-order valence-corrected chi connectivity index (χ0v) is 15.5. The Labute approximate surface area is 157 Å². The third-order valence-corrected chi connectivity index (χ3v) is 5.34. The third kappa shape index (κ3) is 3.38. The van der Waals surface area contributed by atoms with E-state index in [1.165, 1.54) is 0 Å². The van der Waals surface area contributed by atoms with Gasteiger partial charge in [0.1, 0.15) is 6.04 Å². The molecular weight excluding hydrogens is 348 g/mol. The van der Waals surface area contributed by atoms with Gasteiger partial charge in [-0.2, -0.15) is 0 Å². The standard InChI is InChI=1S/C19H24N4O4/c1-3-12(9-20)22(2)10-11-5-4-6-13-16(11)19(27)23(18(13)26)14-7-8-15(24)21-17(14)25/h4-6,12,14H,3,7-10,20H2,1-2H3,(H,21,24,25). The fourth-order valence-corrected chi connectivity index (χ4v) is 3.77. The minimum atomic E-state index is -0.951. The van der Waals surface area contributed by atoms with Crippen molar-refractivity contribution in [2.45, 2.75) is 44.8 Å². The number of rotatable bonds is 6. The van der Waals surface area contributed by atoms with Crippen molar-refractivity contribution in [2.24, 2.45) is 5.73 Å². The molecule has 0 aliphatic carbocycles. The van der Waals surface area contributed by atoms with Crippen molar-refractivity contribution in [3.05, 3.63) is 34.9 Å². The fourth-order valence-electron chi connectivity index (χ4n) is 3.77. The maximum atomic E-state index is 13.0. The number of carbonyl (C=O) groups is 4. The first-order chi connectivity index (χ1) is 12.9. The average molecular weight is 372 g/mol. The van der Waals surface area contributed by atoms with Crippen molar-refractivity contribution < 1.29 is 19.2 Å². The predicted molar refractivity (Wildman–Crippen MR) is 97.7 cm³/mol. The Hall–Kier alpha value is -2.58. The van der Waals surface area contributed by atoms with Gasteiger partial charge in [0, 0.05) is 25.6 Å². The van der Waals surface area contributed by atoms with Crippen LogP contribution in [0, 0.1) is 0 Å². The molecule has 4 amide bonds. The highest BCUT2D eigenvalue weighted by molar-refractivity contribution is 6.24. The molecule has 0 saturated carbocycles. The first-order valence-corrected chi connectivity index (χ1v) is 9.12. The number of carbonyl (C=O) groups excluding carboxylic acids is 4. The lowest BCUT2D eigenvalue weighted by Crippen LogP contribution is -2.54. The molecule has 1 aromatic rings. The zero-order chi connectivity index (χ0) is 19.7. The van der Waals surface area contributed by atoms with Crippen LogP contribution in [-0.2, 0) is 16.1 Å². The van der Waals surface area contributed by atoms with Crippen LogP contribution in [-0.4, -0.2) is 59.1 Å². The molecule has 27 heavy (non-hydrogen) atoms. The Morgan fingerprint density at radius 3 is 2.63 bits per heavy atom. The van der Waals surface area contributed by atoms with E-state index >= 15 is 0 Å². The Bertz CT molecular complexity index is 803. The summed E-state index contributed by atoms with van der Waals surface area (Å²) in [6.45, 7) is 3.02. The number of piperidine rings is 1. The molecule has 8 nitrogen and oxygen atoms in total. The van der Waals surface area contributed by atoms with Crippen LogP contribution in [0.5, 0.6) is 0 Å². The number of fused-ring (bicyclic) bond motifs is 1. The molecule has 8 heteroatoms. The molecular formula is C19H24N4O4. The number of amides is 4. The molecule has 0 radical (unpaired) electrons. The van der Waals surface area contributed by atoms with Crippen LogP contribution in [0.1, 0.15) is 52.5 Å². The minimum Gasteiger partial charge on any atom is -0.329 e. The number of hydrogen-bond acceptors (Lipinski definition) is 6. The van der Waals surface area contributed by atoms with Gasteiger partial charge in [-0.15, -0.1) is 0 Å². The van der Waals surface area contributed by atoms with Crippen molar-refractivity contribution in [2.75, 3.05) is 13.6 Å². The van der Waals surface area contributed by atoms with Crippen LogP contribution < -0.4 is 11.1 Å². The largest absolute Gasteiger partial charge is 0.329 e. The van der Waals surface area contributed by atoms with Gasteiger partial charge in [-0.1, -0.05) is 19.1 Å². The lowest BCUT2D eigenvalue weighted by atomic mass is 10.0. The van der Waals surface area contributed by atoms with E-state index < -0.39 is 23.8 Å². The number of benzene rings is 1. The van der Waals surface area contributed by atoms with E-state index in [0.29, 0.717) is 24.2 Å². The molecule has 0 bridgehead atoms. The molecule has 3 rings (SSSR count). The molecule has 1 saturated heterocycles. The second kappa shape index (κ2) is 7.58. The molecule has 2 aliphatic rings. The summed E-state index contributed by atoms with van der Waals surface area (Å²) in [4.78, 5) is 52.5. The number of nitrogens with one attached hydrogen (secondary N) is 1. The highest BCUT2D eigenvalue weighted by Gasteiger charge is 2.45. The van der Waals surface area contributed by atoms with E-state index in [-0.39, 0.29) is 24.8 Å². The van der Waals surface area contributed by atoms with E-state index in [0.717, 1.165) is 16.9 Å². The Morgan fingerprint density at radius 2 is 2.00 bits per heavy atom. The summed E-state index contributed by atoms with van der Waals surface area (Å²) in [6, 6.07) is 4.38. The molecule has 1 fully saturated rings. The topological polar surface area (TPSA) is 113 Å². The highest BCUT2D eigenvalue weighted by Crippen LogP contribution is 2.30. The lowest BCUT2D eigenvalue weighted by Gasteiger charge is -2.28. The Kier molecular flexibility index (Phi) is 5.38. The van der Waals surface area contributed by atoms with Gasteiger partial charge in [0.05, 0.1) is 11.1 Å². The van der Waals surface area contributed by atoms with Crippen molar-refractivity contribution in [3.63, 3.8) is 0 Å². The molecule has 0 spiro atoms. The Morgan fingerprint density at radius 1 is 1.26 bits per heavy atom. The second-order valence-corrected chi connectivity index (χ2v) is 7.00. The fraction of sp³-hybridized carbons (Fsp3) is 0.474. The number of likely N-dealkylation sites (N-methyl/N-ethyl adjacent to an activating group) is 1. The molecule has 2 atom stereocenters. The minimum absolute atomic E-state index is 0.105. The molecule has 144 valence electrons. The zero-order valence-electron chi connectivity index (χ0n) is 15.5. The van der Waals surface area contributed by atoms with Gasteiger partial charge in [-0.05, 0) is 31.5 Å². The number of hydrogen-bond donors (Lipinski definition) is 2. The van der Waals surface area contributed by atoms with E-state index in [9.17, 15) is 19.2 Å². The normalized spacial score (nSPS) is 20.9. The van der Waals surface area contributed by atoms with Crippen molar-refractivity contribution in [1.29, 1.82) is 0 Å². The third-order valence-electron chi connectivity index (χ3n) is 5.34. The summed E-state index contributed by atoms with van der Waals surface area (Å²) in [5.41, 5.74) is 7.18. The van der Waals surface area contributed by atoms with E-state index in [1.807, 2.05) is 20.0 Å². The van der Waals surface area contributed by atoms with Crippen LogP contribution in [0.4, 0.5) is 0 Å². The summed E-state index contributed by atoms with van der Waals surface area (Å²) in [5, 5.41) is 2.21. The van der Waals surface area contributed by atoms with Crippen LogP contribution in [0.2, 0.25) is 0 Å². The highest BCUT2D eigenvalue weighted by atomic mass is 16.2. The number of imide groups is 2. The first kappa shape index (κ1) is 19.2. The van der Waals surface area contributed by atoms with E-state index in [4.69, 9.17) is 5.73 Å². The maximum Gasteiger partial charge on any atom is 0.262 e. The van der Waals surface area contributed by atoms with Gasteiger partial charge >= 0.3 is 0 Å². The molecule has 3 N–H and O–H groups in total. The summed E-state index contributed by atoms with van der Waals surface area (Å²) in [5.74, 6) is -1.95. The predicted octanol–water partition coefficient (Wildman–Crippen LogP) is 0.257. The first-order valence-electron chi connectivity index (χ1n) is 9.12. The van der Waals surface area contributed by atoms with Gasteiger partial charge in [0.2, 0.25) is 11.8 Å². The van der Waals surface area contributed by atoms with Crippen LogP contribution in [0.3, 0.4) is 0 Å². The second-order valence-electron chi connectivity index (χ2n) is 7.00. The maximum absolute atomic E-state index is 13.0. The monoisotopic (exact) mass is 372 g/mol. The van der Waals surface area contributed by atoms with E-state index in [2.05, 4.69) is 10.2 Å².